The molecule has 0 aliphatic carbocycles. The van der Waals surface area contributed by atoms with Crippen molar-refractivity contribution in [1.82, 2.24) is 4.90 Å². The average molecular weight is 231 g/mol. The van der Waals surface area contributed by atoms with Crippen LogP contribution in [-0.2, 0) is 9.53 Å². The maximum atomic E-state index is 11.1. The maximum Gasteiger partial charge on any atom is 0.308 e. The van der Waals surface area contributed by atoms with Crippen LogP contribution in [0.15, 0.2) is 0 Å². The third-order valence-corrected chi connectivity index (χ3v) is 2.77. The van der Waals surface area contributed by atoms with Crippen molar-refractivity contribution in [2.24, 2.45) is 0 Å². The number of aliphatic hydroxyl groups excluding tert-OH is 1. The molecule has 4 nitrogen and oxygen atoms in total. The molecule has 0 aliphatic heterocycles. The summed E-state index contributed by atoms with van der Waals surface area (Å²) in [5, 5.41) is 9.71. The highest BCUT2D eigenvalue weighted by atomic mass is 16.5. The van der Waals surface area contributed by atoms with Gasteiger partial charge in [-0.2, -0.15) is 0 Å². The Morgan fingerprint density at radius 1 is 1.31 bits per heavy atom. The SMILES string of the molecule is CCOC(=O)CC(O)CN(C)C(CC)CC. The van der Waals surface area contributed by atoms with Crippen LogP contribution in [0.1, 0.15) is 40.0 Å². The minimum Gasteiger partial charge on any atom is -0.466 e. The summed E-state index contributed by atoms with van der Waals surface area (Å²) in [6.45, 7) is 6.91. The smallest absolute Gasteiger partial charge is 0.308 e. The van der Waals surface area contributed by atoms with Gasteiger partial charge in [-0.25, -0.2) is 0 Å². The van der Waals surface area contributed by atoms with E-state index in [1.165, 1.54) is 0 Å². The molecule has 1 N–H and O–H groups in total. The lowest BCUT2D eigenvalue weighted by atomic mass is 10.1. The van der Waals surface area contributed by atoms with Gasteiger partial charge in [0.25, 0.3) is 0 Å². The number of carbonyl (C=O) groups is 1. The normalized spacial score (nSPS) is 13.2. The van der Waals surface area contributed by atoms with E-state index >= 15 is 0 Å². The van der Waals surface area contributed by atoms with Crippen molar-refractivity contribution in [3.05, 3.63) is 0 Å². The summed E-state index contributed by atoms with van der Waals surface area (Å²) in [6, 6.07) is 0.469. The first-order chi connectivity index (χ1) is 7.54. The van der Waals surface area contributed by atoms with Crippen LogP contribution in [-0.4, -0.2) is 48.3 Å². The van der Waals surface area contributed by atoms with E-state index in [2.05, 4.69) is 18.7 Å². The second-order valence-electron chi connectivity index (χ2n) is 4.07. The van der Waals surface area contributed by atoms with E-state index in [1.807, 2.05) is 7.05 Å². The van der Waals surface area contributed by atoms with Crippen LogP contribution in [0.25, 0.3) is 0 Å². The third kappa shape index (κ3) is 6.08. The van der Waals surface area contributed by atoms with Crippen molar-refractivity contribution in [2.75, 3.05) is 20.2 Å². The molecular formula is C12H25NO3. The number of hydrogen-bond donors (Lipinski definition) is 1. The van der Waals surface area contributed by atoms with E-state index in [9.17, 15) is 9.90 Å². The molecule has 0 bridgehead atoms. The molecule has 0 amide bonds. The van der Waals surface area contributed by atoms with E-state index < -0.39 is 6.10 Å². The fraction of sp³-hybridized carbons (Fsp3) is 0.917. The first-order valence-corrected chi connectivity index (χ1v) is 6.08. The Hall–Kier alpha value is -0.610. The predicted molar refractivity (Wildman–Crippen MR) is 64.3 cm³/mol. The Balaban J connectivity index is 3.93. The van der Waals surface area contributed by atoms with Crippen molar-refractivity contribution in [3.8, 4) is 0 Å². The van der Waals surface area contributed by atoms with Crippen LogP contribution in [0.3, 0.4) is 0 Å². The molecule has 96 valence electrons. The van der Waals surface area contributed by atoms with Gasteiger partial charge >= 0.3 is 5.97 Å². The van der Waals surface area contributed by atoms with Gasteiger partial charge < -0.3 is 14.7 Å². The van der Waals surface area contributed by atoms with Crippen molar-refractivity contribution < 1.29 is 14.6 Å². The van der Waals surface area contributed by atoms with Crippen LogP contribution in [0.4, 0.5) is 0 Å². The quantitative estimate of drug-likeness (QED) is 0.642. The third-order valence-electron chi connectivity index (χ3n) is 2.77. The van der Waals surface area contributed by atoms with E-state index in [0.717, 1.165) is 12.8 Å². The van der Waals surface area contributed by atoms with E-state index in [4.69, 9.17) is 4.74 Å². The predicted octanol–water partition coefficient (Wildman–Crippen LogP) is 1.42. The Kier molecular flexibility index (Phi) is 8.21. The molecule has 1 unspecified atom stereocenters. The Bertz CT molecular complexity index is 193. The Labute approximate surface area is 98.6 Å². The van der Waals surface area contributed by atoms with Gasteiger partial charge in [0, 0.05) is 12.6 Å². The van der Waals surface area contributed by atoms with Gasteiger partial charge in [0.05, 0.1) is 19.1 Å². The number of nitrogens with zero attached hydrogens (tertiary/aromatic N) is 1. The number of esters is 1. The van der Waals surface area contributed by atoms with Gasteiger partial charge in [-0.1, -0.05) is 13.8 Å². The molecule has 0 heterocycles. The Morgan fingerprint density at radius 2 is 1.88 bits per heavy atom. The molecule has 0 aromatic heterocycles. The molecule has 0 fully saturated rings. The highest BCUT2D eigenvalue weighted by molar-refractivity contribution is 5.69. The van der Waals surface area contributed by atoms with Crippen LogP contribution >= 0.6 is 0 Å². The summed E-state index contributed by atoms with van der Waals surface area (Å²) in [7, 11) is 1.98. The zero-order valence-electron chi connectivity index (χ0n) is 10.9. The monoisotopic (exact) mass is 231 g/mol. The fourth-order valence-electron chi connectivity index (χ4n) is 1.87. The lowest BCUT2D eigenvalue weighted by Gasteiger charge is -2.27. The zero-order valence-corrected chi connectivity index (χ0v) is 10.9. The van der Waals surface area contributed by atoms with Crippen LogP contribution in [0, 0.1) is 0 Å². The zero-order chi connectivity index (χ0) is 12.6. The van der Waals surface area contributed by atoms with Gasteiger partial charge in [0.15, 0.2) is 0 Å². The van der Waals surface area contributed by atoms with E-state index in [-0.39, 0.29) is 12.4 Å². The highest BCUT2D eigenvalue weighted by Gasteiger charge is 2.17. The summed E-state index contributed by atoms with van der Waals surface area (Å²) in [5.74, 6) is -0.326. The van der Waals surface area contributed by atoms with Gasteiger partial charge in [-0.05, 0) is 26.8 Å². The molecule has 4 heteroatoms. The summed E-state index contributed by atoms with van der Waals surface area (Å²) >= 11 is 0. The molecule has 0 aromatic carbocycles. The summed E-state index contributed by atoms with van der Waals surface area (Å²) in [4.78, 5) is 13.2. The second kappa shape index (κ2) is 8.53. The molecule has 0 aromatic rings. The van der Waals surface area contributed by atoms with Gasteiger partial charge in [0.1, 0.15) is 0 Å². The highest BCUT2D eigenvalue weighted by Crippen LogP contribution is 2.08. The number of aliphatic hydroxyl groups is 1. The molecule has 0 aliphatic rings. The van der Waals surface area contributed by atoms with Crippen molar-refractivity contribution in [3.63, 3.8) is 0 Å². The lowest BCUT2D eigenvalue weighted by molar-refractivity contribution is -0.145. The molecule has 0 saturated carbocycles. The number of hydrogen-bond acceptors (Lipinski definition) is 4. The van der Waals surface area contributed by atoms with Crippen LogP contribution < -0.4 is 0 Å². The minimum absolute atomic E-state index is 0.0817. The Morgan fingerprint density at radius 3 is 2.31 bits per heavy atom. The first-order valence-electron chi connectivity index (χ1n) is 6.08. The van der Waals surface area contributed by atoms with Crippen molar-refractivity contribution >= 4 is 5.97 Å². The molecular weight excluding hydrogens is 206 g/mol. The van der Waals surface area contributed by atoms with Crippen molar-refractivity contribution in [2.45, 2.75) is 52.2 Å². The second-order valence-corrected chi connectivity index (χ2v) is 4.07. The number of likely N-dealkylation sites (N-methyl/N-ethyl adjacent to an activating group) is 1. The van der Waals surface area contributed by atoms with Gasteiger partial charge in [-0.15, -0.1) is 0 Å². The number of rotatable bonds is 8. The maximum absolute atomic E-state index is 11.1. The van der Waals surface area contributed by atoms with Crippen molar-refractivity contribution in [1.29, 1.82) is 0 Å². The van der Waals surface area contributed by atoms with Gasteiger partial charge in [0.2, 0.25) is 0 Å². The van der Waals surface area contributed by atoms with E-state index in [0.29, 0.717) is 19.2 Å². The molecule has 0 spiro atoms. The van der Waals surface area contributed by atoms with Gasteiger partial charge in [-0.3, -0.25) is 4.79 Å². The fourth-order valence-corrected chi connectivity index (χ4v) is 1.87. The lowest BCUT2D eigenvalue weighted by Crippen LogP contribution is -2.37. The largest absolute Gasteiger partial charge is 0.466 e. The molecule has 0 rings (SSSR count). The summed E-state index contributed by atoms with van der Waals surface area (Å²) in [6.07, 6.45) is 1.56. The summed E-state index contributed by atoms with van der Waals surface area (Å²) in [5.41, 5.74) is 0. The number of ether oxygens (including phenoxy) is 1. The van der Waals surface area contributed by atoms with Crippen LogP contribution in [0.5, 0.6) is 0 Å². The summed E-state index contributed by atoms with van der Waals surface area (Å²) < 4.78 is 4.79. The topological polar surface area (TPSA) is 49.8 Å². The van der Waals surface area contributed by atoms with E-state index in [1.54, 1.807) is 6.92 Å². The molecule has 16 heavy (non-hydrogen) atoms. The standard InChI is InChI=1S/C12H25NO3/c1-5-10(6-2)13(4)9-11(14)8-12(15)16-7-3/h10-11,14H,5-9H2,1-4H3. The minimum atomic E-state index is -0.635. The molecule has 1 atom stereocenters. The number of carbonyl (C=O) groups excluding carboxylic acids is 1. The molecule has 0 radical (unpaired) electrons. The first kappa shape index (κ1) is 15.4. The molecule has 0 saturated heterocycles. The average Bonchev–Trinajstić information content (AvgIpc) is 2.19. The van der Waals surface area contributed by atoms with Crippen LogP contribution in [0.2, 0.25) is 0 Å².